The fourth-order valence-electron chi connectivity index (χ4n) is 5.78. The highest BCUT2D eigenvalue weighted by Gasteiger charge is 2.58. The van der Waals surface area contributed by atoms with Gasteiger partial charge in [-0.2, -0.15) is 0 Å². The van der Waals surface area contributed by atoms with Crippen molar-refractivity contribution in [2.24, 2.45) is 22.7 Å². The van der Waals surface area contributed by atoms with Crippen LogP contribution in [0.5, 0.6) is 0 Å². The second kappa shape index (κ2) is 4.71. The zero-order valence-electron chi connectivity index (χ0n) is 12.5. The minimum absolute atomic E-state index is 0.0815. The van der Waals surface area contributed by atoms with Crippen LogP contribution in [0.4, 0.5) is 5.69 Å². The van der Waals surface area contributed by atoms with E-state index in [0.717, 1.165) is 36.8 Å². The Bertz CT molecular complexity index is 565. The van der Waals surface area contributed by atoms with Crippen molar-refractivity contribution in [3.05, 3.63) is 27.8 Å². The zero-order chi connectivity index (χ0) is 14.7. The van der Waals surface area contributed by atoms with Gasteiger partial charge in [-0.25, -0.2) is 0 Å². The van der Waals surface area contributed by atoms with Crippen LogP contribution in [-0.4, -0.2) is 5.91 Å². The van der Waals surface area contributed by atoms with Crippen LogP contribution in [0.1, 0.15) is 45.4 Å². The first-order chi connectivity index (χ1) is 9.96. The lowest BCUT2D eigenvalue weighted by Gasteiger charge is -2.60. The molecule has 0 aliphatic heterocycles. The lowest BCUT2D eigenvalue weighted by atomic mass is 9.44. The third-order valence-electron chi connectivity index (χ3n) is 5.94. The topological polar surface area (TPSA) is 29.1 Å². The summed E-state index contributed by atoms with van der Waals surface area (Å²) >= 11 is 2.29. The van der Waals surface area contributed by atoms with Gasteiger partial charge in [-0.05, 0) is 103 Å². The number of halogens is 1. The normalized spacial score (nSPS) is 40.3. The fraction of sp³-hybridized carbons (Fsp3) is 0.611. The number of anilines is 1. The summed E-state index contributed by atoms with van der Waals surface area (Å²) in [5.74, 6) is 1.86. The van der Waals surface area contributed by atoms with Crippen LogP contribution in [0.2, 0.25) is 0 Å². The highest BCUT2D eigenvalue weighted by Crippen LogP contribution is 2.65. The summed E-state index contributed by atoms with van der Waals surface area (Å²) < 4.78 is 1.20. The minimum atomic E-state index is -0.0815. The summed E-state index contributed by atoms with van der Waals surface area (Å²) in [6.45, 7) is 2.41. The van der Waals surface area contributed by atoms with Gasteiger partial charge in [-0.1, -0.05) is 6.92 Å². The standard InChI is InChI=1S/C18H22INO/c1-17-7-12-6-13(8-17)10-18(9-12,11-17)16(21)20-15-4-2-14(19)3-5-15/h2-5,12-13H,6-11H2,1H3,(H,20,21). The van der Waals surface area contributed by atoms with Gasteiger partial charge in [0.15, 0.2) is 0 Å². The lowest BCUT2D eigenvalue weighted by molar-refractivity contribution is -0.149. The number of carbonyl (C=O) groups excluding carboxylic acids is 1. The predicted octanol–water partition coefficient (Wildman–Crippen LogP) is 4.84. The van der Waals surface area contributed by atoms with Crippen LogP contribution >= 0.6 is 22.6 Å². The SMILES string of the molecule is CC12CC3CC(C1)CC(C(=O)Nc1ccc(I)cc1)(C3)C2. The van der Waals surface area contributed by atoms with Crippen molar-refractivity contribution in [3.63, 3.8) is 0 Å². The molecule has 2 atom stereocenters. The van der Waals surface area contributed by atoms with Crippen molar-refractivity contribution in [1.29, 1.82) is 0 Å². The van der Waals surface area contributed by atoms with Crippen molar-refractivity contribution in [3.8, 4) is 0 Å². The molecule has 0 aromatic heterocycles. The Morgan fingerprint density at radius 1 is 1.14 bits per heavy atom. The van der Waals surface area contributed by atoms with Crippen molar-refractivity contribution in [2.45, 2.75) is 45.4 Å². The van der Waals surface area contributed by atoms with E-state index in [1.807, 2.05) is 12.1 Å². The Morgan fingerprint density at radius 3 is 2.33 bits per heavy atom. The molecular weight excluding hydrogens is 373 g/mol. The van der Waals surface area contributed by atoms with Gasteiger partial charge in [-0.3, -0.25) is 4.79 Å². The maximum atomic E-state index is 13.0. The van der Waals surface area contributed by atoms with Gasteiger partial charge in [0.05, 0.1) is 5.41 Å². The van der Waals surface area contributed by atoms with E-state index in [2.05, 4.69) is 47.0 Å². The van der Waals surface area contributed by atoms with E-state index in [4.69, 9.17) is 0 Å². The quantitative estimate of drug-likeness (QED) is 0.714. The van der Waals surface area contributed by atoms with E-state index in [1.54, 1.807) is 0 Å². The highest BCUT2D eigenvalue weighted by molar-refractivity contribution is 14.1. The first kappa shape index (κ1) is 14.0. The van der Waals surface area contributed by atoms with Gasteiger partial charge >= 0.3 is 0 Å². The van der Waals surface area contributed by atoms with Crippen molar-refractivity contribution in [1.82, 2.24) is 0 Å². The summed E-state index contributed by atoms with van der Waals surface area (Å²) in [4.78, 5) is 13.0. The molecule has 4 fully saturated rings. The molecule has 3 heteroatoms. The maximum absolute atomic E-state index is 13.0. The average Bonchev–Trinajstić information content (AvgIpc) is 2.38. The van der Waals surface area contributed by atoms with Crippen LogP contribution in [-0.2, 0) is 4.79 Å². The molecule has 4 bridgehead atoms. The van der Waals surface area contributed by atoms with E-state index in [1.165, 1.54) is 22.8 Å². The number of benzene rings is 1. The van der Waals surface area contributed by atoms with E-state index >= 15 is 0 Å². The average molecular weight is 395 g/mol. The number of amides is 1. The first-order valence-electron chi connectivity index (χ1n) is 8.04. The number of nitrogens with one attached hydrogen (secondary N) is 1. The van der Waals surface area contributed by atoms with E-state index in [0.29, 0.717) is 5.41 Å². The summed E-state index contributed by atoms with van der Waals surface area (Å²) in [6.07, 6.45) is 7.41. The van der Waals surface area contributed by atoms with Crippen LogP contribution in [0.15, 0.2) is 24.3 Å². The Kier molecular flexibility index (Phi) is 3.15. The van der Waals surface area contributed by atoms with E-state index < -0.39 is 0 Å². The summed E-state index contributed by atoms with van der Waals surface area (Å²) in [6, 6.07) is 8.14. The summed E-state index contributed by atoms with van der Waals surface area (Å²) in [7, 11) is 0. The van der Waals surface area contributed by atoms with Gasteiger partial charge in [-0.15, -0.1) is 0 Å². The molecule has 1 N–H and O–H groups in total. The largest absolute Gasteiger partial charge is 0.326 e. The third-order valence-corrected chi connectivity index (χ3v) is 6.66. The molecule has 21 heavy (non-hydrogen) atoms. The van der Waals surface area contributed by atoms with Gasteiger partial charge < -0.3 is 5.32 Å². The monoisotopic (exact) mass is 395 g/mol. The number of rotatable bonds is 2. The molecule has 5 rings (SSSR count). The molecule has 0 radical (unpaired) electrons. The lowest BCUT2D eigenvalue weighted by Crippen LogP contribution is -2.55. The molecule has 0 saturated heterocycles. The smallest absolute Gasteiger partial charge is 0.230 e. The maximum Gasteiger partial charge on any atom is 0.230 e. The van der Waals surface area contributed by atoms with Crippen LogP contribution < -0.4 is 5.32 Å². The molecule has 0 spiro atoms. The molecule has 4 saturated carbocycles. The van der Waals surface area contributed by atoms with Crippen molar-refractivity contribution in [2.75, 3.05) is 5.32 Å². The number of hydrogen-bond donors (Lipinski definition) is 1. The molecule has 1 aromatic carbocycles. The Balaban J connectivity index is 1.57. The van der Waals surface area contributed by atoms with Gasteiger partial charge in [0.2, 0.25) is 5.91 Å². The fourth-order valence-corrected chi connectivity index (χ4v) is 6.14. The Hall–Kier alpha value is -0.580. The van der Waals surface area contributed by atoms with Gasteiger partial charge in [0.25, 0.3) is 0 Å². The number of hydrogen-bond acceptors (Lipinski definition) is 1. The van der Waals surface area contributed by atoms with Crippen molar-refractivity contribution >= 4 is 34.2 Å². The summed E-state index contributed by atoms with van der Waals surface area (Å²) in [5.41, 5.74) is 1.29. The molecule has 2 unspecified atom stereocenters. The third kappa shape index (κ3) is 2.41. The Morgan fingerprint density at radius 2 is 1.76 bits per heavy atom. The molecular formula is C18H22INO. The van der Waals surface area contributed by atoms with Gasteiger partial charge in [0, 0.05) is 9.26 Å². The molecule has 2 nitrogen and oxygen atoms in total. The zero-order valence-corrected chi connectivity index (χ0v) is 14.7. The molecule has 0 heterocycles. The first-order valence-corrected chi connectivity index (χ1v) is 9.11. The van der Waals surface area contributed by atoms with Crippen molar-refractivity contribution < 1.29 is 4.79 Å². The highest BCUT2D eigenvalue weighted by atomic mass is 127. The molecule has 4 aliphatic carbocycles. The second-order valence-corrected chi connectivity index (χ2v) is 9.26. The minimum Gasteiger partial charge on any atom is -0.326 e. The summed E-state index contributed by atoms with van der Waals surface area (Å²) in [5, 5.41) is 3.20. The van der Waals surface area contributed by atoms with Gasteiger partial charge in [0.1, 0.15) is 0 Å². The molecule has 1 aromatic rings. The predicted molar refractivity (Wildman–Crippen MR) is 93.0 cm³/mol. The van der Waals surface area contributed by atoms with Crippen LogP contribution in [0, 0.1) is 26.2 Å². The molecule has 4 aliphatic rings. The molecule has 112 valence electrons. The molecule has 1 amide bonds. The van der Waals surface area contributed by atoms with Crippen LogP contribution in [0.25, 0.3) is 0 Å². The van der Waals surface area contributed by atoms with E-state index in [-0.39, 0.29) is 11.3 Å². The van der Waals surface area contributed by atoms with E-state index in [9.17, 15) is 4.79 Å². The second-order valence-electron chi connectivity index (χ2n) is 8.01. The number of carbonyl (C=O) groups is 1. The van der Waals surface area contributed by atoms with Crippen LogP contribution in [0.3, 0.4) is 0 Å². The Labute approximate surface area is 140 Å².